The molecule has 10 rings (SSSR count). The Labute approximate surface area is 288 Å². The predicted molar refractivity (Wildman–Crippen MR) is 204 cm³/mol. The summed E-state index contributed by atoms with van der Waals surface area (Å²) in [5.74, 6) is 1.85. The summed E-state index contributed by atoms with van der Waals surface area (Å²) in [5.41, 5.74) is 8.47. The minimum Gasteiger partial charge on any atom is -0.667 e. The Morgan fingerprint density at radius 2 is 1.00 bits per heavy atom. The summed E-state index contributed by atoms with van der Waals surface area (Å²) in [4.78, 5) is 14.7. The van der Waals surface area contributed by atoms with Crippen LogP contribution in [0, 0.1) is 0 Å². The van der Waals surface area contributed by atoms with E-state index in [4.69, 9.17) is 20.3 Å². The Bertz CT molecular complexity index is 2720. The lowest BCUT2D eigenvalue weighted by molar-refractivity contribution is 0.754. The van der Waals surface area contributed by atoms with Crippen molar-refractivity contribution >= 4 is 49.2 Å². The van der Waals surface area contributed by atoms with Gasteiger partial charge < -0.3 is 14.5 Å². The van der Waals surface area contributed by atoms with Crippen molar-refractivity contribution in [2.75, 3.05) is 0 Å². The zero-order valence-electron chi connectivity index (χ0n) is 26.9. The zero-order valence-corrected chi connectivity index (χ0v) is 26.9. The molecule has 1 aliphatic rings. The number of nitrogens with zero attached hydrogens (tertiary/aromatic N) is 6. The molecule has 0 spiro atoms. The molecule has 6 heteroatoms. The van der Waals surface area contributed by atoms with Gasteiger partial charge in [0.1, 0.15) is 0 Å². The molecule has 0 radical (unpaired) electrons. The van der Waals surface area contributed by atoms with Crippen molar-refractivity contribution in [2.24, 2.45) is 0 Å². The number of fused-ring (bicyclic) bond motifs is 6. The van der Waals surface area contributed by atoms with E-state index in [1.165, 1.54) is 27.1 Å². The van der Waals surface area contributed by atoms with Gasteiger partial charge in [-0.05, 0) is 48.1 Å². The molecule has 0 saturated carbocycles. The Kier molecular flexibility index (Phi) is 6.45. The average Bonchev–Trinajstić information content (AvgIpc) is 3.70. The first kappa shape index (κ1) is 28.2. The number of hydrogen-bond acceptors (Lipinski definition) is 3. The highest BCUT2D eigenvalue weighted by atomic mass is 15.2. The largest absolute Gasteiger partial charge is 0.667 e. The van der Waals surface area contributed by atoms with Crippen molar-refractivity contribution < 1.29 is 0 Å². The number of allylic oxidation sites excluding steroid dienone is 2. The second kappa shape index (κ2) is 11.4. The van der Waals surface area contributed by atoms with Gasteiger partial charge in [0.15, 0.2) is 17.5 Å². The molecular formula is C44H29N6-. The van der Waals surface area contributed by atoms with E-state index in [1.54, 1.807) is 0 Å². The van der Waals surface area contributed by atoms with Crippen LogP contribution < -0.4 is 0 Å². The van der Waals surface area contributed by atoms with Crippen LogP contribution in [0.3, 0.4) is 0 Å². The summed E-state index contributed by atoms with van der Waals surface area (Å²) in [6.07, 6.45) is 5.89. The lowest BCUT2D eigenvalue weighted by atomic mass is 10.1. The van der Waals surface area contributed by atoms with E-state index in [2.05, 4.69) is 112 Å². The second-order valence-corrected chi connectivity index (χ2v) is 12.5. The highest BCUT2D eigenvalue weighted by Gasteiger charge is 2.19. The second-order valence-electron chi connectivity index (χ2n) is 12.5. The third-order valence-corrected chi connectivity index (χ3v) is 9.55. The van der Waals surface area contributed by atoms with Crippen molar-refractivity contribution in [1.29, 1.82) is 0 Å². The number of para-hydroxylation sites is 3. The van der Waals surface area contributed by atoms with Gasteiger partial charge in [0.05, 0.1) is 16.6 Å². The molecule has 4 heterocycles. The topological polar surface area (TPSA) is 62.6 Å². The van der Waals surface area contributed by atoms with E-state index < -0.39 is 0 Å². The normalized spacial score (nSPS) is 14.4. The van der Waals surface area contributed by atoms with Crippen LogP contribution in [0.4, 0.5) is 0 Å². The van der Waals surface area contributed by atoms with Gasteiger partial charge in [0.2, 0.25) is 0 Å². The van der Waals surface area contributed by atoms with Gasteiger partial charge in [-0.3, -0.25) is 0 Å². The number of benzene rings is 6. The van der Waals surface area contributed by atoms with Gasteiger partial charge in [-0.2, -0.15) is 6.20 Å². The molecule has 1 aliphatic heterocycles. The van der Waals surface area contributed by atoms with Crippen molar-refractivity contribution in [2.45, 2.75) is 6.17 Å². The molecule has 0 amide bonds. The Morgan fingerprint density at radius 1 is 0.460 bits per heavy atom. The van der Waals surface area contributed by atoms with Crippen LogP contribution in [-0.2, 0) is 0 Å². The summed E-state index contributed by atoms with van der Waals surface area (Å²) in [7, 11) is 0. The number of aromatic nitrogens is 5. The summed E-state index contributed by atoms with van der Waals surface area (Å²) >= 11 is 0. The van der Waals surface area contributed by atoms with Gasteiger partial charge in [-0.15, -0.1) is 0 Å². The molecule has 6 nitrogen and oxygen atoms in total. The van der Waals surface area contributed by atoms with Crippen LogP contribution in [0.5, 0.6) is 0 Å². The van der Waals surface area contributed by atoms with E-state index in [-0.39, 0.29) is 6.17 Å². The first-order chi connectivity index (χ1) is 24.8. The van der Waals surface area contributed by atoms with E-state index >= 15 is 0 Å². The molecule has 6 aromatic carbocycles. The highest BCUT2D eigenvalue weighted by molar-refractivity contribution is 6.18. The van der Waals surface area contributed by atoms with Crippen LogP contribution in [-0.4, -0.2) is 24.1 Å². The fourth-order valence-electron chi connectivity index (χ4n) is 7.26. The standard InChI is InChI=1S/C44H29N6/c1-4-14-29(15-5-1)42-46-43(30-16-6-2-7-17-30)48-44(47-42)31-24-25-41(45-28-31)50-38-23-13-11-21-34(38)36-26-35-33-20-10-12-22-37(33)49(39(35)27-40(36)50)32-18-8-3-9-19-32/h1-28,41H/q-1. The van der Waals surface area contributed by atoms with Gasteiger partial charge in [-0.1, -0.05) is 127 Å². The van der Waals surface area contributed by atoms with Crippen molar-refractivity contribution in [3.05, 3.63) is 181 Å². The van der Waals surface area contributed by atoms with Crippen LogP contribution in [0.2, 0.25) is 0 Å². The first-order valence-electron chi connectivity index (χ1n) is 16.8. The van der Waals surface area contributed by atoms with Crippen LogP contribution in [0.25, 0.3) is 83.0 Å². The van der Waals surface area contributed by atoms with Gasteiger partial charge in [-0.25, -0.2) is 15.0 Å². The molecule has 0 fully saturated rings. The summed E-state index contributed by atoms with van der Waals surface area (Å²) in [6, 6.07) is 52.7. The molecule has 9 aromatic rings. The molecule has 0 saturated heterocycles. The lowest BCUT2D eigenvalue weighted by Gasteiger charge is -2.33. The van der Waals surface area contributed by atoms with E-state index in [9.17, 15) is 0 Å². The minimum absolute atomic E-state index is 0.253. The monoisotopic (exact) mass is 641 g/mol. The summed E-state index contributed by atoms with van der Waals surface area (Å²) < 4.78 is 4.71. The molecule has 0 N–H and O–H groups in total. The number of hydrogen-bond donors (Lipinski definition) is 0. The highest BCUT2D eigenvalue weighted by Crippen LogP contribution is 2.41. The molecule has 0 bridgehead atoms. The lowest BCUT2D eigenvalue weighted by Crippen LogP contribution is -2.08. The predicted octanol–water partition coefficient (Wildman–Crippen LogP) is 10.9. The van der Waals surface area contributed by atoms with Gasteiger partial charge >= 0.3 is 0 Å². The minimum atomic E-state index is -0.253. The molecular weight excluding hydrogens is 613 g/mol. The number of rotatable bonds is 5. The molecule has 1 atom stereocenters. The molecule has 3 aromatic heterocycles. The van der Waals surface area contributed by atoms with Gasteiger partial charge in [0.25, 0.3) is 0 Å². The SMILES string of the molecule is C1=CC(n2c3ccccc3c3cc4c5ccccc5n(-c5ccccc5)c4cc32)[N-]C=C1c1nc(-c2ccccc2)nc(-c2ccccc2)n1. The Hall–Kier alpha value is -6.79. The maximum atomic E-state index is 5.15. The third-order valence-electron chi connectivity index (χ3n) is 9.55. The first-order valence-corrected chi connectivity index (χ1v) is 16.8. The van der Waals surface area contributed by atoms with Gasteiger partial charge in [0, 0.05) is 43.9 Å². The maximum Gasteiger partial charge on any atom is 0.164 e. The van der Waals surface area contributed by atoms with Crippen molar-refractivity contribution in [3.8, 4) is 28.5 Å². The summed E-state index contributed by atoms with van der Waals surface area (Å²) in [5, 5.41) is 10.0. The van der Waals surface area contributed by atoms with E-state index in [1.807, 2.05) is 66.9 Å². The van der Waals surface area contributed by atoms with Crippen molar-refractivity contribution in [3.63, 3.8) is 0 Å². The Morgan fingerprint density at radius 3 is 1.64 bits per heavy atom. The quantitative estimate of drug-likeness (QED) is 0.188. The summed E-state index contributed by atoms with van der Waals surface area (Å²) in [6.45, 7) is 0. The zero-order chi connectivity index (χ0) is 33.0. The maximum absolute atomic E-state index is 5.15. The average molecular weight is 642 g/mol. The Balaban J connectivity index is 1.11. The molecule has 50 heavy (non-hydrogen) atoms. The third kappa shape index (κ3) is 4.54. The fraction of sp³-hybridized carbons (Fsp3) is 0.0227. The van der Waals surface area contributed by atoms with Crippen LogP contribution in [0.1, 0.15) is 12.0 Å². The van der Waals surface area contributed by atoms with Crippen LogP contribution >= 0.6 is 0 Å². The van der Waals surface area contributed by atoms with Crippen molar-refractivity contribution in [1.82, 2.24) is 24.1 Å². The smallest absolute Gasteiger partial charge is 0.164 e. The molecule has 236 valence electrons. The van der Waals surface area contributed by atoms with Crippen LogP contribution in [0.15, 0.2) is 170 Å². The molecule has 1 unspecified atom stereocenters. The van der Waals surface area contributed by atoms with E-state index in [0.717, 1.165) is 38.9 Å². The fourth-order valence-corrected chi connectivity index (χ4v) is 7.26. The molecule has 0 aliphatic carbocycles. The van der Waals surface area contributed by atoms with E-state index in [0.29, 0.717) is 17.5 Å².